The number of anilines is 1. The van der Waals surface area contributed by atoms with Crippen LogP contribution in [0.25, 0.3) is 0 Å². The van der Waals surface area contributed by atoms with Gasteiger partial charge in [0.15, 0.2) is 9.84 Å². The number of aryl methyl sites for hydroxylation is 3. The van der Waals surface area contributed by atoms with E-state index < -0.39 is 9.84 Å². The molecule has 2 aromatic heterocycles. The molecule has 0 bridgehead atoms. The number of nitrogens with one attached hydrogen (secondary N) is 2. The number of aromatic amines is 1. The molecule has 1 atom stereocenters. The fraction of sp³-hybridized carbons (Fsp3) is 0.562. The first-order valence-electron chi connectivity index (χ1n) is 8.32. The Labute approximate surface area is 146 Å². The highest BCUT2D eigenvalue weighted by Crippen LogP contribution is 2.27. The van der Waals surface area contributed by atoms with Gasteiger partial charge in [-0.15, -0.1) is 0 Å². The van der Waals surface area contributed by atoms with Crippen LogP contribution in [-0.4, -0.2) is 45.8 Å². The second-order valence-corrected chi connectivity index (χ2v) is 8.86. The summed E-state index contributed by atoms with van der Waals surface area (Å²) < 4.78 is 25.1. The largest absolute Gasteiger partial charge is 0.311 e. The van der Waals surface area contributed by atoms with Gasteiger partial charge in [-0.1, -0.05) is 0 Å². The van der Waals surface area contributed by atoms with Gasteiger partial charge in [0.1, 0.15) is 5.82 Å². The summed E-state index contributed by atoms with van der Waals surface area (Å²) in [5.41, 5.74) is 3.69. The third-order valence-electron chi connectivity index (χ3n) is 4.56. The number of aromatic nitrogens is 4. The molecule has 0 spiro atoms. The normalized spacial score (nSPS) is 19.2. The van der Waals surface area contributed by atoms with E-state index in [2.05, 4.69) is 20.6 Å². The fourth-order valence-corrected chi connectivity index (χ4v) is 4.93. The molecule has 1 aliphatic rings. The van der Waals surface area contributed by atoms with Crippen molar-refractivity contribution < 1.29 is 13.2 Å². The highest BCUT2D eigenvalue weighted by Gasteiger charge is 2.31. The van der Waals surface area contributed by atoms with Crippen molar-refractivity contribution in [3.8, 4) is 0 Å². The first kappa shape index (κ1) is 17.7. The second-order valence-electron chi connectivity index (χ2n) is 6.63. The molecule has 0 aliphatic carbocycles. The van der Waals surface area contributed by atoms with Crippen LogP contribution in [-0.2, 0) is 21.1 Å². The lowest BCUT2D eigenvalue weighted by Gasteiger charge is -2.13. The van der Waals surface area contributed by atoms with Crippen molar-refractivity contribution >= 4 is 21.6 Å². The number of hydrogen-bond donors (Lipinski definition) is 2. The number of amides is 1. The SMILES string of the molecule is Cc1cc(NC(=O)CCc2c(C)n[nH]c2C)n([C@@H]2CCS(=O)(=O)C2)n1. The molecular weight excluding hydrogens is 342 g/mol. The molecule has 9 heteroatoms. The minimum absolute atomic E-state index is 0.0738. The summed E-state index contributed by atoms with van der Waals surface area (Å²) in [5, 5.41) is 14.3. The molecule has 0 unspecified atom stereocenters. The Morgan fingerprint density at radius 1 is 1.40 bits per heavy atom. The molecule has 0 radical (unpaired) electrons. The molecule has 2 N–H and O–H groups in total. The molecule has 3 heterocycles. The number of nitrogens with zero attached hydrogens (tertiary/aromatic N) is 3. The zero-order valence-electron chi connectivity index (χ0n) is 14.7. The number of hydrogen-bond acceptors (Lipinski definition) is 5. The number of carbonyl (C=O) groups is 1. The highest BCUT2D eigenvalue weighted by atomic mass is 32.2. The van der Waals surface area contributed by atoms with E-state index in [0.29, 0.717) is 25.1 Å². The van der Waals surface area contributed by atoms with E-state index in [4.69, 9.17) is 0 Å². The molecule has 136 valence electrons. The number of rotatable bonds is 5. The van der Waals surface area contributed by atoms with E-state index in [1.54, 1.807) is 10.7 Å². The van der Waals surface area contributed by atoms with Crippen molar-refractivity contribution in [2.45, 2.75) is 46.1 Å². The molecule has 0 aromatic carbocycles. The number of carbonyl (C=O) groups excluding carboxylic acids is 1. The van der Waals surface area contributed by atoms with Crippen molar-refractivity contribution in [2.75, 3.05) is 16.8 Å². The fourth-order valence-electron chi connectivity index (χ4n) is 3.24. The van der Waals surface area contributed by atoms with Gasteiger partial charge in [-0.05, 0) is 39.2 Å². The Morgan fingerprint density at radius 2 is 2.16 bits per heavy atom. The minimum Gasteiger partial charge on any atom is -0.311 e. The Morgan fingerprint density at radius 3 is 2.76 bits per heavy atom. The summed E-state index contributed by atoms with van der Waals surface area (Å²) in [7, 11) is -3.01. The van der Waals surface area contributed by atoms with Crippen LogP contribution >= 0.6 is 0 Å². The van der Waals surface area contributed by atoms with Gasteiger partial charge in [0.05, 0.1) is 28.9 Å². The van der Waals surface area contributed by atoms with Crippen LogP contribution < -0.4 is 5.32 Å². The smallest absolute Gasteiger partial charge is 0.225 e. The molecule has 1 aliphatic heterocycles. The maximum absolute atomic E-state index is 12.3. The number of sulfone groups is 1. The monoisotopic (exact) mass is 365 g/mol. The van der Waals surface area contributed by atoms with Gasteiger partial charge >= 0.3 is 0 Å². The molecule has 1 fully saturated rings. The summed E-state index contributed by atoms with van der Waals surface area (Å²) in [5.74, 6) is 0.681. The predicted molar refractivity (Wildman–Crippen MR) is 94.3 cm³/mol. The first-order valence-corrected chi connectivity index (χ1v) is 10.1. The molecule has 8 nitrogen and oxygen atoms in total. The molecular formula is C16H23N5O3S. The summed E-state index contributed by atoms with van der Waals surface area (Å²) >= 11 is 0. The Kier molecular flexibility index (Phi) is 4.68. The van der Waals surface area contributed by atoms with Crippen LogP contribution in [0, 0.1) is 20.8 Å². The first-order chi connectivity index (χ1) is 11.7. The third-order valence-corrected chi connectivity index (χ3v) is 6.31. The maximum atomic E-state index is 12.3. The van der Waals surface area contributed by atoms with Crippen molar-refractivity contribution in [1.29, 1.82) is 0 Å². The highest BCUT2D eigenvalue weighted by molar-refractivity contribution is 7.91. The van der Waals surface area contributed by atoms with Crippen molar-refractivity contribution in [1.82, 2.24) is 20.0 Å². The molecule has 2 aromatic rings. The summed E-state index contributed by atoms with van der Waals surface area (Å²) in [4.78, 5) is 12.3. The van der Waals surface area contributed by atoms with Crippen LogP contribution in [0.1, 0.15) is 41.5 Å². The predicted octanol–water partition coefficient (Wildman–Crippen LogP) is 1.46. The van der Waals surface area contributed by atoms with E-state index in [1.165, 1.54) is 0 Å². The van der Waals surface area contributed by atoms with Crippen LogP contribution in [0.3, 0.4) is 0 Å². The lowest BCUT2D eigenvalue weighted by atomic mass is 10.1. The van der Waals surface area contributed by atoms with Crippen LogP contribution in [0.15, 0.2) is 6.07 Å². The van der Waals surface area contributed by atoms with Gasteiger partial charge < -0.3 is 5.32 Å². The third kappa shape index (κ3) is 3.92. The number of H-pyrrole nitrogens is 1. The van der Waals surface area contributed by atoms with Crippen LogP contribution in [0.4, 0.5) is 5.82 Å². The van der Waals surface area contributed by atoms with E-state index in [-0.39, 0.29) is 23.5 Å². The Bertz CT molecular complexity index is 878. The Balaban J connectivity index is 1.68. The lowest BCUT2D eigenvalue weighted by Crippen LogP contribution is -2.19. The van der Waals surface area contributed by atoms with Gasteiger partial charge in [0, 0.05) is 18.2 Å². The van der Waals surface area contributed by atoms with E-state index >= 15 is 0 Å². The summed E-state index contributed by atoms with van der Waals surface area (Å²) in [6, 6.07) is 1.56. The van der Waals surface area contributed by atoms with E-state index in [9.17, 15) is 13.2 Å². The Hall–Kier alpha value is -2.16. The summed E-state index contributed by atoms with van der Waals surface area (Å²) in [6.07, 6.45) is 1.46. The molecule has 1 amide bonds. The van der Waals surface area contributed by atoms with Gasteiger partial charge in [-0.2, -0.15) is 10.2 Å². The van der Waals surface area contributed by atoms with Gasteiger partial charge in [-0.25, -0.2) is 13.1 Å². The average molecular weight is 365 g/mol. The van der Waals surface area contributed by atoms with Gasteiger partial charge in [-0.3, -0.25) is 9.89 Å². The van der Waals surface area contributed by atoms with E-state index in [0.717, 1.165) is 22.6 Å². The van der Waals surface area contributed by atoms with Crippen LogP contribution in [0.2, 0.25) is 0 Å². The quantitative estimate of drug-likeness (QED) is 0.834. The van der Waals surface area contributed by atoms with Crippen LogP contribution in [0.5, 0.6) is 0 Å². The van der Waals surface area contributed by atoms with Gasteiger partial charge in [0.2, 0.25) is 5.91 Å². The maximum Gasteiger partial charge on any atom is 0.225 e. The summed E-state index contributed by atoms with van der Waals surface area (Å²) in [6.45, 7) is 5.68. The lowest BCUT2D eigenvalue weighted by molar-refractivity contribution is -0.116. The second kappa shape index (κ2) is 6.62. The zero-order valence-corrected chi connectivity index (χ0v) is 15.5. The van der Waals surface area contributed by atoms with Crippen molar-refractivity contribution in [3.63, 3.8) is 0 Å². The van der Waals surface area contributed by atoms with E-state index in [1.807, 2.05) is 20.8 Å². The van der Waals surface area contributed by atoms with Crippen molar-refractivity contribution in [3.05, 3.63) is 28.7 Å². The topological polar surface area (TPSA) is 110 Å². The average Bonchev–Trinajstić information content (AvgIpc) is 3.16. The molecule has 1 saturated heterocycles. The van der Waals surface area contributed by atoms with Crippen molar-refractivity contribution in [2.24, 2.45) is 0 Å². The molecule has 3 rings (SSSR count). The minimum atomic E-state index is -3.01. The zero-order chi connectivity index (χ0) is 18.2. The van der Waals surface area contributed by atoms with Gasteiger partial charge in [0.25, 0.3) is 0 Å². The standard InChI is InChI=1S/C16H23N5O3S/c1-10-8-15(21(20-10)13-6-7-25(23,24)9-13)17-16(22)5-4-14-11(2)18-19-12(14)3/h8,13H,4-7,9H2,1-3H3,(H,17,22)(H,18,19)/t13-/m1/s1. The molecule has 25 heavy (non-hydrogen) atoms. The molecule has 0 saturated carbocycles.